The molecule has 0 radical (unpaired) electrons. The number of fused-ring (bicyclic) bond motifs is 7. The van der Waals surface area contributed by atoms with Crippen LogP contribution in [0.3, 0.4) is 0 Å². The van der Waals surface area contributed by atoms with Gasteiger partial charge in [0.05, 0.1) is 11.5 Å². The summed E-state index contributed by atoms with van der Waals surface area (Å²) in [6.07, 6.45) is 6.02. The van der Waals surface area contributed by atoms with Gasteiger partial charge >= 0.3 is 0 Å². The molecular weight excluding hydrogens is 445 g/mol. The molecule has 9 atom stereocenters. The highest BCUT2D eigenvalue weighted by Crippen LogP contribution is 2.74. The summed E-state index contributed by atoms with van der Waals surface area (Å²) < 4.78 is 17.5. The second-order valence-corrected chi connectivity index (χ2v) is 13.2. The van der Waals surface area contributed by atoms with Crippen LogP contribution in [0, 0.1) is 45.8 Å². The fourth-order valence-corrected chi connectivity index (χ4v) is 9.53. The molecule has 1 aliphatic heterocycles. The second-order valence-electron chi connectivity index (χ2n) is 13.2. The highest BCUT2D eigenvalue weighted by atomic mass is 19.1. The lowest BCUT2D eigenvalue weighted by molar-refractivity contribution is -0.210. The van der Waals surface area contributed by atoms with Gasteiger partial charge in [0, 0.05) is 24.4 Å². The molecule has 0 amide bonds. The van der Waals surface area contributed by atoms with E-state index in [4.69, 9.17) is 0 Å². The first-order chi connectivity index (χ1) is 16.3. The molecule has 1 heterocycles. The molecule has 5 aliphatic rings. The van der Waals surface area contributed by atoms with E-state index in [1.165, 1.54) is 6.08 Å². The number of alkyl halides is 1. The van der Waals surface area contributed by atoms with E-state index >= 15 is 4.39 Å². The van der Waals surface area contributed by atoms with Gasteiger partial charge in [-0.05, 0) is 80.4 Å². The van der Waals surface area contributed by atoms with Crippen molar-refractivity contribution in [3.63, 3.8) is 0 Å². The Morgan fingerprint density at radius 1 is 1.26 bits per heavy atom. The molecule has 5 rings (SSSR count). The van der Waals surface area contributed by atoms with Crippen LogP contribution in [0.5, 0.6) is 0 Å². The number of hydrogen-bond acceptors (Lipinski definition) is 5. The van der Waals surface area contributed by atoms with E-state index in [2.05, 4.69) is 32.6 Å². The zero-order chi connectivity index (χ0) is 25.6. The minimum absolute atomic E-state index is 0.0183. The summed E-state index contributed by atoms with van der Waals surface area (Å²) in [5, 5.41) is 21.8. The number of halogens is 1. The van der Waals surface area contributed by atoms with Gasteiger partial charge in [-0.25, -0.2) is 4.39 Å². The average molecular weight is 488 g/mol. The standard InChI is InChI=1S/C29H42FNO4/c1-17(2)7-9-31-14-19-11-22-23-10-18(3)21-12-20(33)6-8-26(21,4)29(23,30)24(34)13-27(22,5)28(19,16-31)25(35)15-32/h6,8,12,17-19,22-24,32,34H,7,9-11,13-16H2,1-5H3. The number of Topliss-reactive ketones (excluding diaryl/α,β-unsaturated/α-hetero) is 1. The normalized spacial score (nSPS) is 48.9. The monoisotopic (exact) mass is 487 g/mol. The molecular formula is C29H42FNO4. The van der Waals surface area contributed by atoms with Gasteiger partial charge in [0.15, 0.2) is 17.2 Å². The third-order valence-corrected chi connectivity index (χ3v) is 11.2. The maximum atomic E-state index is 17.5. The number of hydrogen-bond donors (Lipinski definition) is 2. The molecule has 1 saturated heterocycles. The number of carbonyl (C=O) groups excluding carboxylic acids is 2. The van der Waals surface area contributed by atoms with Crippen LogP contribution in [0.15, 0.2) is 23.8 Å². The summed E-state index contributed by atoms with van der Waals surface area (Å²) in [5.74, 6) is -0.0936. The first-order valence-electron chi connectivity index (χ1n) is 13.5. The second kappa shape index (κ2) is 8.06. The molecule has 0 bridgehead atoms. The van der Waals surface area contributed by atoms with E-state index < -0.39 is 40.5 Å². The molecule has 35 heavy (non-hydrogen) atoms. The van der Waals surface area contributed by atoms with E-state index in [0.717, 1.165) is 31.5 Å². The summed E-state index contributed by atoms with van der Waals surface area (Å²) in [5.41, 5.74) is -3.50. The van der Waals surface area contributed by atoms with Crippen LogP contribution in [-0.2, 0) is 9.59 Å². The summed E-state index contributed by atoms with van der Waals surface area (Å²) in [6.45, 7) is 12.2. The van der Waals surface area contributed by atoms with Crippen LogP contribution in [0.4, 0.5) is 4.39 Å². The number of likely N-dealkylation sites (tertiary alicyclic amines) is 1. The quantitative estimate of drug-likeness (QED) is 0.618. The van der Waals surface area contributed by atoms with Crippen molar-refractivity contribution in [2.24, 2.45) is 45.8 Å². The number of aliphatic hydroxyl groups excluding tert-OH is 2. The van der Waals surface area contributed by atoms with Gasteiger partial charge in [-0.1, -0.05) is 39.3 Å². The number of allylic oxidation sites excluding steroid dienone is 4. The third-order valence-electron chi connectivity index (χ3n) is 11.2. The van der Waals surface area contributed by atoms with Gasteiger partial charge in [0.1, 0.15) is 6.61 Å². The van der Waals surface area contributed by atoms with Gasteiger partial charge in [-0.15, -0.1) is 0 Å². The fourth-order valence-electron chi connectivity index (χ4n) is 9.53. The van der Waals surface area contributed by atoms with Crippen molar-refractivity contribution in [3.05, 3.63) is 23.8 Å². The lowest BCUT2D eigenvalue weighted by Crippen LogP contribution is -2.69. The number of rotatable bonds is 5. The summed E-state index contributed by atoms with van der Waals surface area (Å²) in [7, 11) is 0. The Morgan fingerprint density at radius 3 is 2.63 bits per heavy atom. The molecule has 0 aromatic rings. The lowest BCUT2D eigenvalue weighted by Gasteiger charge is -2.64. The van der Waals surface area contributed by atoms with Crippen LogP contribution in [0.1, 0.15) is 60.3 Å². The van der Waals surface area contributed by atoms with E-state index in [1.54, 1.807) is 12.2 Å². The van der Waals surface area contributed by atoms with Crippen LogP contribution in [0.2, 0.25) is 0 Å². The van der Waals surface area contributed by atoms with Crippen molar-refractivity contribution in [2.45, 2.75) is 72.1 Å². The van der Waals surface area contributed by atoms with Crippen molar-refractivity contribution >= 4 is 11.6 Å². The number of nitrogens with zero attached hydrogens (tertiary/aromatic N) is 1. The molecule has 2 N–H and O–H groups in total. The summed E-state index contributed by atoms with van der Waals surface area (Å²) in [6, 6.07) is 0. The van der Waals surface area contributed by atoms with E-state index in [1.807, 2.05) is 6.92 Å². The molecule has 194 valence electrons. The highest BCUT2D eigenvalue weighted by Gasteiger charge is 2.77. The Morgan fingerprint density at radius 2 is 1.97 bits per heavy atom. The lowest BCUT2D eigenvalue weighted by atomic mass is 9.42. The fraction of sp³-hybridized carbons (Fsp3) is 0.793. The largest absolute Gasteiger partial charge is 0.390 e. The van der Waals surface area contributed by atoms with Crippen molar-refractivity contribution in [3.8, 4) is 0 Å². The maximum absolute atomic E-state index is 17.5. The molecule has 9 unspecified atom stereocenters. The third kappa shape index (κ3) is 3.08. The van der Waals surface area contributed by atoms with Gasteiger partial charge in [0.2, 0.25) is 0 Å². The Hall–Kier alpha value is -1.37. The summed E-state index contributed by atoms with van der Waals surface area (Å²) >= 11 is 0. The molecule has 0 aromatic heterocycles. The maximum Gasteiger partial charge on any atom is 0.178 e. The first kappa shape index (κ1) is 25.3. The smallest absolute Gasteiger partial charge is 0.178 e. The summed E-state index contributed by atoms with van der Waals surface area (Å²) in [4.78, 5) is 28.1. The molecule has 6 heteroatoms. The predicted molar refractivity (Wildman–Crippen MR) is 132 cm³/mol. The molecule has 0 spiro atoms. The van der Waals surface area contributed by atoms with Gasteiger partial charge in [-0.3, -0.25) is 9.59 Å². The average Bonchev–Trinajstić information content (AvgIpc) is 3.28. The minimum Gasteiger partial charge on any atom is -0.390 e. The van der Waals surface area contributed by atoms with Gasteiger partial charge in [0.25, 0.3) is 0 Å². The molecule has 4 fully saturated rings. The van der Waals surface area contributed by atoms with Crippen LogP contribution < -0.4 is 0 Å². The van der Waals surface area contributed by atoms with Crippen LogP contribution in [-0.4, -0.2) is 64.7 Å². The zero-order valence-electron chi connectivity index (χ0n) is 21.9. The Balaban J connectivity index is 1.57. The van der Waals surface area contributed by atoms with Crippen molar-refractivity contribution < 1.29 is 24.2 Å². The van der Waals surface area contributed by atoms with Gasteiger partial charge < -0.3 is 15.1 Å². The Kier molecular flexibility index (Phi) is 5.83. The highest BCUT2D eigenvalue weighted by molar-refractivity contribution is 6.01. The van der Waals surface area contributed by atoms with Crippen molar-refractivity contribution in [1.29, 1.82) is 0 Å². The number of carbonyl (C=O) groups is 2. The van der Waals surface area contributed by atoms with Crippen LogP contribution >= 0.6 is 0 Å². The van der Waals surface area contributed by atoms with Gasteiger partial charge in [-0.2, -0.15) is 0 Å². The topological polar surface area (TPSA) is 77.8 Å². The molecule has 5 nitrogen and oxygen atoms in total. The van der Waals surface area contributed by atoms with E-state index in [-0.39, 0.29) is 35.7 Å². The predicted octanol–water partition coefficient (Wildman–Crippen LogP) is 3.74. The Labute approximate surface area is 208 Å². The SMILES string of the molecule is CC(C)CCN1CC2CC3C4CC(C)C5=CC(=O)C=CC5(C)C4(F)C(O)CC3(C)C2(C(=O)CO)C1. The zero-order valence-corrected chi connectivity index (χ0v) is 21.9. The molecule has 3 saturated carbocycles. The van der Waals surface area contributed by atoms with E-state index in [9.17, 15) is 19.8 Å². The molecule has 0 aromatic carbocycles. The van der Waals surface area contributed by atoms with Crippen molar-refractivity contribution in [1.82, 2.24) is 4.90 Å². The minimum atomic E-state index is -1.90. The van der Waals surface area contributed by atoms with E-state index in [0.29, 0.717) is 18.9 Å². The number of ketones is 2. The Bertz CT molecular complexity index is 991. The number of aliphatic hydroxyl groups is 2. The molecule has 4 aliphatic carbocycles. The van der Waals surface area contributed by atoms with Crippen molar-refractivity contribution in [2.75, 3.05) is 26.2 Å². The first-order valence-corrected chi connectivity index (χ1v) is 13.5. The van der Waals surface area contributed by atoms with Crippen LogP contribution in [0.25, 0.3) is 0 Å².